The number of piperazine rings is 1. The van der Waals surface area contributed by atoms with Gasteiger partial charge >= 0.3 is 0 Å². The molecule has 0 amide bonds. The van der Waals surface area contributed by atoms with Crippen LogP contribution in [0.15, 0.2) is 22.8 Å². The minimum Gasteiger partial charge on any atom is -0.468 e. The van der Waals surface area contributed by atoms with Gasteiger partial charge in [-0.3, -0.25) is 9.80 Å². The van der Waals surface area contributed by atoms with Crippen LogP contribution in [0.5, 0.6) is 0 Å². The molecule has 1 aromatic rings. The summed E-state index contributed by atoms with van der Waals surface area (Å²) in [5.41, 5.74) is 0. The van der Waals surface area contributed by atoms with Crippen LogP contribution in [0.3, 0.4) is 0 Å². The van der Waals surface area contributed by atoms with Crippen molar-refractivity contribution in [3.63, 3.8) is 0 Å². The molecule has 3 heterocycles. The second-order valence-corrected chi connectivity index (χ2v) is 7.03. The Kier molecular flexibility index (Phi) is 5.55. The quantitative estimate of drug-likeness (QED) is 0.806. The molecule has 2 aliphatic rings. The van der Waals surface area contributed by atoms with E-state index in [1.165, 1.54) is 65.1 Å². The van der Waals surface area contributed by atoms with Crippen molar-refractivity contribution in [2.24, 2.45) is 0 Å². The molecule has 2 aliphatic heterocycles. The van der Waals surface area contributed by atoms with Crippen molar-refractivity contribution in [3.8, 4) is 0 Å². The highest BCUT2D eigenvalue weighted by Crippen LogP contribution is 2.31. The van der Waals surface area contributed by atoms with Crippen molar-refractivity contribution in [1.29, 1.82) is 0 Å². The topological polar surface area (TPSA) is 22.9 Å². The van der Waals surface area contributed by atoms with Crippen LogP contribution in [0, 0.1) is 0 Å². The van der Waals surface area contributed by atoms with Gasteiger partial charge in [0.1, 0.15) is 5.76 Å². The van der Waals surface area contributed by atoms with Gasteiger partial charge < -0.3 is 9.32 Å². The summed E-state index contributed by atoms with van der Waals surface area (Å²) in [7, 11) is 0. The Morgan fingerprint density at radius 3 is 2.64 bits per heavy atom. The van der Waals surface area contributed by atoms with Gasteiger partial charge in [0.15, 0.2) is 0 Å². The molecule has 0 N–H and O–H groups in total. The van der Waals surface area contributed by atoms with Gasteiger partial charge in [-0.1, -0.05) is 0 Å². The van der Waals surface area contributed by atoms with Gasteiger partial charge in [0, 0.05) is 38.8 Å². The van der Waals surface area contributed by atoms with Crippen molar-refractivity contribution in [2.45, 2.75) is 45.2 Å². The number of furan rings is 1. The average molecular weight is 305 g/mol. The first-order valence-electron chi connectivity index (χ1n) is 8.98. The lowest BCUT2D eigenvalue weighted by Crippen LogP contribution is -2.49. The number of hydrogen-bond donors (Lipinski definition) is 0. The van der Waals surface area contributed by atoms with Crippen molar-refractivity contribution < 1.29 is 4.42 Å². The van der Waals surface area contributed by atoms with E-state index in [0.29, 0.717) is 12.1 Å². The molecule has 0 saturated carbocycles. The summed E-state index contributed by atoms with van der Waals surface area (Å²) in [6.07, 6.45) is 5.64. The van der Waals surface area contributed by atoms with Gasteiger partial charge in [0.2, 0.25) is 0 Å². The number of likely N-dealkylation sites (tertiary alicyclic amines) is 1. The van der Waals surface area contributed by atoms with E-state index < -0.39 is 0 Å². The monoisotopic (exact) mass is 305 g/mol. The van der Waals surface area contributed by atoms with E-state index in [2.05, 4.69) is 34.6 Å². The SMILES string of the molecule is CC(C)N1CCN(CCCN2CCC[C@H]2c2ccco2)CC1. The summed E-state index contributed by atoms with van der Waals surface area (Å²) < 4.78 is 5.62. The minimum atomic E-state index is 0.521. The highest BCUT2D eigenvalue weighted by atomic mass is 16.3. The molecule has 0 radical (unpaired) electrons. The van der Waals surface area contributed by atoms with Crippen LogP contribution < -0.4 is 0 Å². The van der Waals surface area contributed by atoms with Crippen LogP contribution >= 0.6 is 0 Å². The van der Waals surface area contributed by atoms with Crippen molar-refractivity contribution in [2.75, 3.05) is 45.8 Å². The summed E-state index contributed by atoms with van der Waals surface area (Å²) in [4.78, 5) is 7.84. The predicted octanol–water partition coefficient (Wildman–Crippen LogP) is 2.83. The maximum Gasteiger partial charge on any atom is 0.120 e. The number of rotatable bonds is 6. The largest absolute Gasteiger partial charge is 0.468 e. The zero-order valence-electron chi connectivity index (χ0n) is 14.2. The molecule has 2 fully saturated rings. The highest BCUT2D eigenvalue weighted by Gasteiger charge is 2.27. The van der Waals surface area contributed by atoms with Gasteiger partial charge in [-0.25, -0.2) is 0 Å². The lowest BCUT2D eigenvalue weighted by atomic mass is 10.1. The fourth-order valence-corrected chi connectivity index (χ4v) is 3.90. The molecule has 0 aromatic carbocycles. The molecule has 2 saturated heterocycles. The van der Waals surface area contributed by atoms with Crippen molar-refractivity contribution >= 4 is 0 Å². The van der Waals surface area contributed by atoms with E-state index in [1.807, 2.05) is 6.07 Å². The van der Waals surface area contributed by atoms with Gasteiger partial charge in [-0.15, -0.1) is 0 Å². The first-order valence-corrected chi connectivity index (χ1v) is 8.98. The maximum atomic E-state index is 5.62. The maximum absolute atomic E-state index is 5.62. The third kappa shape index (κ3) is 3.92. The molecule has 1 aromatic heterocycles. The molecule has 4 heteroatoms. The zero-order chi connectivity index (χ0) is 15.4. The first-order chi connectivity index (χ1) is 10.7. The van der Waals surface area contributed by atoms with Crippen LogP contribution in [0.25, 0.3) is 0 Å². The van der Waals surface area contributed by atoms with E-state index in [4.69, 9.17) is 4.42 Å². The molecule has 3 rings (SSSR count). The van der Waals surface area contributed by atoms with E-state index in [0.717, 1.165) is 5.76 Å². The lowest BCUT2D eigenvalue weighted by molar-refractivity contribution is 0.103. The average Bonchev–Trinajstić information content (AvgIpc) is 3.18. The van der Waals surface area contributed by atoms with Crippen LogP contribution in [0.1, 0.15) is 44.9 Å². The normalized spacial score (nSPS) is 25.3. The molecule has 0 bridgehead atoms. The number of nitrogens with zero attached hydrogens (tertiary/aromatic N) is 3. The molecule has 1 atom stereocenters. The van der Waals surface area contributed by atoms with Crippen LogP contribution in [0.4, 0.5) is 0 Å². The predicted molar refractivity (Wildman–Crippen MR) is 90.0 cm³/mol. The van der Waals surface area contributed by atoms with E-state index >= 15 is 0 Å². The first kappa shape index (κ1) is 16.0. The Balaban J connectivity index is 1.38. The van der Waals surface area contributed by atoms with Gasteiger partial charge in [-0.05, 0) is 58.3 Å². The van der Waals surface area contributed by atoms with Crippen molar-refractivity contribution in [1.82, 2.24) is 14.7 Å². The zero-order valence-corrected chi connectivity index (χ0v) is 14.2. The lowest BCUT2D eigenvalue weighted by Gasteiger charge is -2.37. The summed E-state index contributed by atoms with van der Waals surface area (Å²) in [5, 5.41) is 0. The van der Waals surface area contributed by atoms with Gasteiger partial charge in [0.25, 0.3) is 0 Å². The third-order valence-corrected chi connectivity index (χ3v) is 5.29. The summed E-state index contributed by atoms with van der Waals surface area (Å²) in [6, 6.07) is 5.36. The standard InChI is InChI=1S/C18H31N3O/c1-16(2)20-13-11-19(12-14-20)8-5-10-21-9-3-6-17(21)18-7-4-15-22-18/h4,7,15-17H,3,5-6,8-14H2,1-2H3/t17-/m0/s1. The summed E-state index contributed by atoms with van der Waals surface area (Å²) >= 11 is 0. The smallest absolute Gasteiger partial charge is 0.120 e. The molecule has 0 aliphatic carbocycles. The second kappa shape index (κ2) is 7.62. The summed E-state index contributed by atoms with van der Waals surface area (Å²) in [6.45, 7) is 13.2. The Hall–Kier alpha value is -0.840. The molecular weight excluding hydrogens is 274 g/mol. The Bertz CT molecular complexity index is 424. The Morgan fingerprint density at radius 2 is 1.95 bits per heavy atom. The third-order valence-electron chi connectivity index (χ3n) is 5.29. The molecule has 0 spiro atoms. The Labute approximate surface area is 135 Å². The summed E-state index contributed by atoms with van der Waals surface area (Å²) in [5.74, 6) is 1.16. The molecule has 22 heavy (non-hydrogen) atoms. The molecular formula is C18H31N3O. The van der Waals surface area contributed by atoms with Crippen LogP contribution in [-0.4, -0.2) is 66.6 Å². The van der Waals surface area contributed by atoms with Crippen LogP contribution in [0.2, 0.25) is 0 Å². The van der Waals surface area contributed by atoms with Crippen molar-refractivity contribution in [3.05, 3.63) is 24.2 Å². The molecule has 124 valence electrons. The van der Waals surface area contributed by atoms with Gasteiger partial charge in [-0.2, -0.15) is 0 Å². The van der Waals surface area contributed by atoms with Crippen LogP contribution in [-0.2, 0) is 0 Å². The minimum absolute atomic E-state index is 0.521. The highest BCUT2D eigenvalue weighted by molar-refractivity contribution is 5.06. The van der Waals surface area contributed by atoms with E-state index in [-0.39, 0.29) is 0 Å². The fourth-order valence-electron chi connectivity index (χ4n) is 3.90. The molecule has 4 nitrogen and oxygen atoms in total. The van der Waals surface area contributed by atoms with E-state index in [9.17, 15) is 0 Å². The number of hydrogen-bond acceptors (Lipinski definition) is 4. The second-order valence-electron chi connectivity index (χ2n) is 7.03. The van der Waals surface area contributed by atoms with Gasteiger partial charge in [0.05, 0.1) is 12.3 Å². The fraction of sp³-hybridized carbons (Fsp3) is 0.778. The Morgan fingerprint density at radius 1 is 1.14 bits per heavy atom. The molecule has 0 unspecified atom stereocenters. The van der Waals surface area contributed by atoms with E-state index in [1.54, 1.807) is 6.26 Å².